The molecule has 0 aliphatic carbocycles. The van der Waals surface area contributed by atoms with Gasteiger partial charge in [0.25, 0.3) is 5.91 Å². The van der Waals surface area contributed by atoms with Crippen LogP contribution in [0, 0.1) is 0 Å². The van der Waals surface area contributed by atoms with Gasteiger partial charge in [-0.2, -0.15) is 0 Å². The van der Waals surface area contributed by atoms with Gasteiger partial charge in [-0.25, -0.2) is 0 Å². The average molecular weight is 293 g/mol. The van der Waals surface area contributed by atoms with E-state index in [1.165, 1.54) is 0 Å². The maximum Gasteiger partial charge on any atom is 0.272 e. The summed E-state index contributed by atoms with van der Waals surface area (Å²) in [5, 5.41) is 10.9. The predicted octanol–water partition coefficient (Wildman–Crippen LogP) is 2.43. The molecule has 1 fully saturated rings. The number of likely N-dealkylation sites (tertiary alicyclic amines) is 1. The zero-order valence-corrected chi connectivity index (χ0v) is 12.1. The Morgan fingerprint density at radius 2 is 1.95 bits per heavy atom. The van der Waals surface area contributed by atoms with E-state index in [-0.39, 0.29) is 12.0 Å². The molecule has 4 nitrogen and oxygen atoms in total. The van der Waals surface area contributed by atoms with Crippen molar-refractivity contribution >= 4 is 28.4 Å². The molecule has 1 aromatic carbocycles. The molecule has 1 N–H and O–H groups in total. The van der Waals surface area contributed by atoms with E-state index < -0.39 is 0 Å². The third-order valence-electron chi connectivity index (χ3n) is 4.00. The van der Waals surface area contributed by atoms with E-state index in [1.54, 1.807) is 4.90 Å². The molecule has 0 unspecified atom stereocenters. The number of hydrogen-bond donors (Lipinski definition) is 1. The Kier molecular flexibility index (Phi) is 3.44. The van der Waals surface area contributed by atoms with E-state index in [0.717, 1.165) is 10.9 Å². The summed E-state index contributed by atoms with van der Waals surface area (Å²) in [5.41, 5.74) is 1.49. The molecule has 1 saturated heterocycles. The number of nitrogens with zero attached hydrogens (tertiary/aromatic N) is 2. The number of amides is 1. The molecule has 20 heavy (non-hydrogen) atoms. The second-order valence-electron chi connectivity index (χ2n) is 5.26. The standard InChI is InChI=1S/C15H17ClN2O2/c1-17-12-5-3-2-4-11(12)13(16)14(17)15(20)18-8-6-10(19)7-9-18/h2-5,10,19H,6-9H2,1H3. The average Bonchev–Trinajstić information content (AvgIpc) is 2.72. The quantitative estimate of drug-likeness (QED) is 0.877. The maximum atomic E-state index is 12.7. The number of carbonyl (C=O) groups excluding carboxylic acids is 1. The zero-order chi connectivity index (χ0) is 14.3. The van der Waals surface area contributed by atoms with Crippen molar-refractivity contribution in [2.75, 3.05) is 13.1 Å². The van der Waals surface area contributed by atoms with Gasteiger partial charge in [-0.1, -0.05) is 29.8 Å². The SMILES string of the molecule is Cn1c(C(=O)N2CCC(O)CC2)c(Cl)c2ccccc21. The lowest BCUT2D eigenvalue weighted by Gasteiger charge is -2.29. The summed E-state index contributed by atoms with van der Waals surface area (Å²) >= 11 is 6.39. The Hall–Kier alpha value is -1.52. The number of benzene rings is 1. The molecule has 1 aliphatic heterocycles. The first-order chi connectivity index (χ1) is 9.59. The summed E-state index contributed by atoms with van der Waals surface area (Å²) in [5.74, 6) is -0.0550. The zero-order valence-electron chi connectivity index (χ0n) is 11.3. The van der Waals surface area contributed by atoms with Crippen LogP contribution in [0.25, 0.3) is 10.9 Å². The molecule has 0 spiro atoms. The minimum Gasteiger partial charge on any atom is -0.393 e. The molecule has 0 atom stereocenters. The number of fused-ring (bicyclic) bond motifs is 1. The highest BCUT2D eigenvalue weighted by atomic mass is 35.5. The summed E-state index contributed by atoms with van der Waals surface area (Å²) in [6.45, 7) is 1.16. The molecule has 1 amide bonds. The largest absolute Gasteiger partial charge is 0.393 e. The fourth-order valence-electron chi connectivity index (χ4n) is 2.80. The molecule has 1 aromatic heterocycles. The normalized spacial score (nSPS) is 16.9. The van der Waals surface area contributed by atoms with Gasteiger partial charge in [-0.3, -0.25) is 4.79 Å². The molecule has 5 heteroatoms. The lowest BCUT2D eigenvalue weighted by molar-refractivity contribution is 0.0539. The van der Waals surface area contributed by atoms with Gasteiger partial charge >= 0.3 is 0 Å². The maximum absolute atomic E-state index is 12.7. The summed E-state index contributed by atoms with van der Waals surface area (Å²) in [7, 11) is 1.86. The molecule has 2 heterocycles. The number of aromatic nitrogens is 1. The fraction of sp³-hybridized carbons (Fsp3) is 0.400. The topological polar surface area (TPSA) is 45.5 Å². The van der Waals surface area contributed by atoms with Gasteiger partial charge in [0.15, 0.2) is 0 Å². The fourth-order valence-corrected chi connectivity index (χ4v) is 3.17. The number of aliphatic hydroxyl groups is 1. The number of halogens is 1. The van der Waals surface area contributed by atoms with E-state index >= 15 is 0 Å². The Labute approximate surface area is 122 Å². The van der Waals surface area contributed by atoms with Crippen molar-refractivity contribution in [1.29, 1.82) is 0 Å². The molecule has 1 aliphatic rings. The first-order valence-corrected chi connectivity index (χ1v) is 7.17. The number of aliphatic hydroxyl groups excluding tert-OH is 1. The second kappa shape index (κ2) is 5.11. The van der Waals surface area contributed by atoms with Crippen LogP contribution in [-0.4, -0.2) is 39.7 Å². The van der Waals surface area contributed by atoms with Crippen LogP contribution in [0.2, 0.25) is 5.02 Å². The van der Waals surface area contributed by atoms with Crippen LogP contribution in [-0.2, 0) is 7.05 Å². The van der Waals surface area contributed by atoms with E-state index in [0.29, 0.717) is 36.6 Å². The monoisotopic (exact) mass is 292 g/mol. The Balaban J connectivity index is 1.99. The van der Waals surface area contributed by atoms with Crippen molar-refractivity contribution in [3.05, 3.63) is 35.0 Å². The predicted molar refractivity (Wildman–Crippen MR) is 79.1 cm³/mol. The second-order valence-corrected chi connectivity index (χ2v) is 5.64. The van der Waals surface area contributed by atoms with Gasteiger partial charge in [0.1, 0.15) is 5.69 Å². The molecule has 2 aromatic rings. The highest BCUT2D eigenvalue weighted by Crippen LogP contribution is 2.31. The number of para-hydroxylation sites is 1. The summed E-state index contributed by atoms with van der Waals surface area (Å²) in [6, 6.07) is 7.73. The van der Waals surface area contributed by atoms with Crippen molar-refractivity contribution in [1.82, 2.24) is 9.47 Å². The molecular formula is C15H17ClN2O2. The Morgan fingerprint density at radius 1 is 1.30 bits per heavy atom. The van der Waals surface area contributed by atoms with Gasteiger partial charge in [0.2, 0.25) is 0 Å². The molecule has 0 radical (unpaired) electrons. The van der Waals surface area contributed by atoms with Crippen molar-refractivity contribution < 1.29 is 9.90 Å². The van der Waals surface area contributed by atoms with Gasteiger partial charge < -0.3 is 14.6 Å². The third-order valence-corrected chi connectivity index (χ3v) is 4.38. The van der Waals surface area contributed by atoms with Crippen LogP contribution in [0.5, 0.6) is 0 Å². The Bertz CT molecular complexity index is 618. The van der Waals surface area contributed by atoms with Crippen LogP contribution in [0.4, 0.5) is 0 Å². The molecule has 0 saturated carbocycles. The lowest BCUT2D eigenvalue weighted by atomic mass is 10.1. The Morgan fingerprint density at radius 3 is 2.60 bits per heavy atom. The van der Waals surface area contributed by atoms with E-state index in [2.05, 4.69) is 0 Å². The van der Waals surface area contributed by atoms with E-state index in [4.69, 9.17) is 11.6 Å². The van der Waals surface area contributed by atoms with Gasteiger partial charge in [0, 0.05) is 31.0 Å². The molecular weight excluding hydrogens is 276 g/mol. The van der Waals surface area contributed by atoms with Crippen molar-refractivity contribution in [2.45, 2.75) is 18.9 Å². The molecule has 0 bridgehead atoms. The first kappa shape index (κ1) is 13.5. The van der Waals surface area contributed by atoms with Gasteiger partial charge in [-0.05, 0) is 18.9 Å². The summed E-state index contributed by atoms with van der Waals surface area (Å²) in [4.78, 5) is 14.4. The van der Waals surface area contributed by atoms with Gasteiger partial charge in [-0.15, -0.1) is 0 Å². The van der Waals surface area contributed by atoms with Crippen LogP contribution < -0.4 is 0 Å². The minimum atomic E-state index is -0.290. The van der Waals surface area contributed by atoms with Crippen LogP contribution in [0.1, 0.15) is 23.3 Å². The van der Waals surface area contributed by atoms with Crippen LogP contribution >= 0.6 is 11.6 Å². The van der Waals surface area contributed by atoms with Gasteiger partial charge in [0.05, 0.1) is 11.1 Å². The number of carbonyl (C=O) groups is 1. The van der Waals surface area contributed by atoms with Crippen molar-refractivity contribution in [3.8, 4) is 0 Å². The number of rotatable bonds is 1. The summed E-state index contributed by atoms with van der Waals surface area (Å²) in [6.07, 6.45) is 0.975. The number of piperidine rings is 1. The highest BCUT2D eigenvalue weighted by molar-refractivity contribution is 6.38. The smallest absolute Gasteiger partial charge is 0.272 e. The van der Waals surface area contributed by atoms with Crippen molar-refractivity contribution in [2.24, 2.45) is 7.05 Å². The highest BCUT2D eigenvalue weighted by Gasteiger charge is 2.27. The van der Waals surface area contributed by atoms with E-state index in [1.807, 2.05) is 35.9 Å². The number of aryl methyl sites for hydroxylation is 1. The van der Waals surface area contributed by atoms with Crippen LogP contribution in [0.3, 0.4) is 0 Å². The third kappa shape index (κ3) is 2.09. The van der Waals surface area contributed by atoms with E-state index in [9.17, 15) is 9.90 Å². The molecule has 106 valence electrons. The van der Waals surface area contributed by atoms with Crippen LogP contribution in [0.15, 0.2) is 24.3 Å². The molecule has 3 rings (SSSR count). The summed E-state index contributed by atoms with van der Waals surface area (Å²) < 4.78 is 1.85. The number of hydrogen-bond acceptors (Lipinski definition) is 2. The first-order valence-electron chi connectivity index (χ1n) is 6.80. The minimum absolute atomic E-state index is 0.0550. The lowest BCUT2D eigenvalue weighted by Crippen LogP contribution is -2.40. The van der Waals surface area contributed by atoms with Crippen molar-refractivity contribution in [3.63, 3.8) is 0 Å².